The van der Waals surface area contributed by atoms with Crippen molar-refractivity contribution < 1.29 is 4.42 Å². The van der Waals surface area contributed by atoms with Gasteiger partial charge in [0.05, 0.1) is 16.6 Å². The summed E-state index contributed by atoms with van der Waals surface area (Å²) in [6, 6.07) is 75.8. The minimum absolute atomic E-state index is 0.536. The van der Waals surface area contributed by atoms with Crippen molar-refractivity contribution in [2.24, 2.45) is 0 Å². The predicted octanol–water partition coefficient (Wildman–Crippen LogP) is 14.7. The first-order valence-corrected chi connectivity index (χ1v) is 20.1. The van der Waals surface area contributed by atoms with Crippen LogP contribution in [0.15, 0.2) is 223 Å². The van der Waals surface area contributed by atoms with Gasteiger partial charge in [0.1, 0.15) is 11.2 Å². The molecule has 0 amide bonds. The van der Waals surface area contributed by atoms with Crippen molar-refractivity contribution in [1.82, 2.24) is 15.0 Å². The summed E-state index contributed by atoms with van der Waals surface area (Å²) in [5, 5.41) is 4.17. The SMILES string of the molecule is c1ccc(-c2ccc(N(c3ccc(-c4ccccc4)cc3)c3ccc(-c4nc(-c5ccccc5)nc(-c5cccc6ccccc56)n4)c4oc5ccccc5c34)cc2)cc1. The van der Waals surface area contributed by atoms with Crippen LogP contribution < -0.4 is 4.90 Å². The first kappa shape index (κ1) is 35.0. The van der Waals surface area contributed by atoms with E-state index in [1.54, 1.807) is 0 Å². The number of furan rings is 1. The average Bonchev–Trinajstić information content (AvgIpc) is 3.73. The zero-order valence-electron chi connectivity index (χ0n) is 32.5. The second-order valence-electron chi connectivity index (χ2n) is 14.8. The van der Waals surface area contributed by atoms with Crippen molar-refractivity contribution in [3.8, 4) is 56.4 Å². The van der Waals surface area contributed by atoms with Crippen molar-refractivity contribution in [3.05, 3.63) is 218 Å². The van der Waals surface area contributed by atoms with Crippen LogP contribution in [0.2, 0.25) is 0 Å². The molecule has 0 bridgehead atoms. The van der Waals surface area contributed by atoms with E-state index in [1.165, 1.54) is 11.1 Å². The van der Waals surface area contributed by atoms with E-state index in [0.717, 1.165) is 72.0 Å². The molecule has 0 aliphatic rings. The maximum absolute atomic E-state index is 6.89. The van der Waals surface area contributed by atoms with Gasteiger partial charge in [-0.3, -0.25) is 0 Å². The Bertz CT molecular complexity index is 3200. The first-order chi connectivity index (χ1) is 29.7. The molecule has 282 valence electrons. The summed E-state index contributed by atoms with van der Waals surface area (Å²) in [5.74, 6) is 1.73. The lowest BCUT2D eigenvalue weighted by Crippen LogP contribution is -2.10. The molecule has 9 aromatic carbocycles. The van der Waals surface area contributed by atoms with Crippen LogP contribution in [0.25, 0.3) is 89.1 Å². The van der Waals surface area contributed by atoms with Gasteiger partial charge >= 0.3 is 0 Å². The van der Waals surface area contributed by atoms with Crippen LogP contribution in [0.4, 0.5) is 17.1 Å². The van der Waals surface area contributed by atoms with Crippen molar-refractivity contribution in [2.45, 2.75) is 0 Å². The third kappa shape index (κ3) is 6.35. The minimum atomic E-state index is 0.536. The summed E-state index contributed by atoms with van der Waals surface area (Å²) >= 11 is 0. The number of nitrogens with zero attached hydrogens (tertiary/aromatic N) is 4. The van der Waals surface area contributed by atoms with E-state index in [-0.39, 0.29) is 0 Å². The first-order valence-electron chi connectivity index (χ1n) is 20.1. The predicted molar refractivity (Wildman–Crippen MR) is 246 cm³/mol. The molecule has 2 heterocycles. The number of hydrogen-bond acceptors (Lipinski definition) is 5. The second kappa shape index (κ2) is 15.0. The Balaban J connectivity index is 1.13. The molecular formula is C55H36N4O. The van der Waals surface area contributed by atoms with E-state index in [4.69, 9.17) is 19.4 Å². The molecule has 0 N–H and O–H groups in total. The molecule has 5 heteroatoms. The zero-order chi connectivity index (χ0) is 39.8. The molecule has 0 aliphatic heterocycles. The van der Waals surface area contributed by atoms with Crippen LogP contribution in [-0.2, 0) is 0 Å². The van der Waals surface area contributed by atoms with E-state index >= 15 is 0 Å². The lowest BCUT2D eigenvalue weighted by Gasteiger charge is -2.27. The molecule has 2 aromatic heterocycles. The van der Waals surface area contributed by atoms with Crippen LogP contribution in [0.1, 0.15) is 0 Å². The average molecular weight is 769 g/mol. The Morgan fingerprint density at radius 2 is 0.817 bits per heavy atom. The Morgan fingerprint density at radius 3 is 1.45 bits per heavy atom. The quantitative estimate of drug-likeness (QED) is 0.154. The molecule has 0 unspecified atom stereocenters. The molecule has 60 heavy (non-hydrogen) atoms. The lowest BCUT2D eigenvalue weighted by molar-refractivity contribution is 0.669. The van der Waals surface area contributed by atoms with Gasteiger partial charge in [-0.15, -0.1) is 0 Å². The van der Waals surface area contributed by atoms with Gasteiger partial charge in [0.15, 0.2) is 17.5 Å². The molecule has 0 saturated carbocycles. The summed E-state index contributed by atoms with van der Waals surface area (Å²) in [4.78, 5) is 17.8. The summed E-state index contributed by atoms with van der Waals surface area (Å²) in [7, 11) is 0. The molecule has 5 nitrogen and oxygen atoms in total. The van der Waals surface area contributed by atoms with Crippen LogP contribution in [-0.4, -0.2) is 15.0 Å². The Kier molecular flexibility index (Phi) is 8.75. The minimum Gasteiger partial charge on any atom is -0.455 e. The summed E-state index contributed by atoms with van der Waals surface area (Å²) in [6.07, 6.45) is 0. The molecule has 0 fully saturated rings. The smallest absolute Gasteiger partial charge is 0.167 e. The highest BCUT2D eigenvalue weighted by Crippen LogP contribution is 2.46. The molecular weight excluding hydrogens is 733 g/mol. The molecule has 0 atom stereocenters. The number of hydrogen-bond donors (Lipinski definition) is 0. The highest BCUT2D eigenvalue weighted by Gasteiger charge is 2.24. The van der Waals surface area contributed by atoms with E-state index in [1.807, 2.05) is 54.6 Å². The van der Waals surface area contributed by atoms with Gasteiger partial charge in [-0.2, -0.15) is 0 Å². The van der Waals surface area contributed by atoms with E-state index < -0.39 is 0 Å². The van der Waals surface area contributed by atoms with Crippen molar-refractivity contribution >= 4 is 49.8 Å². The van der Waals surface area contributed by atoms with Crippen LogP contribution in [0.3, 0.4) is 0 Å². The third-order valence-electron chi connectivity index (χ3n) is 11.1. The van der Waals surface area contributed by atoms with Gasteiger partial charge in [0, 0.05) is 27.9 Å². The number of aromatic nitrogens is 3. The van der Waals surface area contributed by atoms with Crippen LogP contribution in [0.5, 0.6) is 0 Å². The van der Waals surface area contributed by atoms with E-state index in [2.05, 4.69) is 169 Å². The van der Waals surface area contributed by atoms with Crippen molar-refractivity contribution in [3.63, 3.8) is 0 Å². The third-order valence-corrected chi connectivity index (χ3v) is 11.1. The number of fused-ring (bicyclic) bond motifs is 4. The van der Waals surface area contributed by atoms with Gasteiger partial charge in [0.2, 0.25) is 0 Å². The normalized spacial score (nSPS) is 11.3. The summed E-state index contributed by atoms with van der Waals surface area (Å²) < 4.78 is 6.89. The fourth-order valence-corrected chi connectivity index (χ4v) is 8.22. The molecule has 0 spiro atoms. The fourth-order valence-electron chi connectivity index (χ4n) is 8.22. The monoisotopic (exact) mass is 768 g/mol. The highest BCUT2D eigenvalue weighted by atomic mass is 16.3. The number of rotatable bonds is 8. The summed E-state index contributed by atoms with van der Waals surface area (Å²) in [5.41, 5.74) is 11.8. The zero-order valence-corrected chi connectivity index (χ0v) is 32.5. The molecule has 0 aliphatic carbocycles. The molecule has 0 saturated heterocycles. The standard InChI is InChI=1S/C55H36N4O/c1-4-15-37(16-5-1)39-27-31-43(32-28-39)59(44-33-29-40(30-34-44)38-17-6-2-7-18-38)49-36-35-48(52-51(49)47-24-12-13-26-50(47)60-52)55-57-53(42-20-8-3-9-21-42)56-54(58-55)46-25-14-22-41-19-10-11-23-45(41)46/h1-36H. The van der Waals surface area contributed by atoms with Gasteiger partial charge in [0.25, 0.3) is 0 Å². The van der Waals surface area contributed by atoms with Crippen LogP contribution in [0, 0.1) is 0 Å². The maximum atomic E-state index is 6.89. The molecule has 11 aromatic rings. The molecule has 0 radical (unpaired) electrons. The maximum Gasteiger partial charge on any atom is 0.167 e. The van der Waals surface area contributed by atoms with Crippen molar-refractivity contribution in [2.75, 3.05) is 4.90 Å². The number of anilines is 3. The summed E-state index contributed by atoms with van der Waals surface area (Å²) in [6.45, 7) is 0. The number of para-hydroxylation sites is 1. The lowest BCUT2D eigenvalue weighted by atomic mass is 10.0. The highest BCUT2D eigenvalue weighted by molar-refractivity contribution is 6.17. The largest absolute Gasteiger partial charge is 0.455 e. The van der Waals surface area contributed by atoms with Gasteiger partial charge < -0.3 is 9.32 Å². The number of benzene rings is 9. The van der Waals surface area contributed by atoms with Crippen LogP contribution >= 0.6 is 0 Å². The Hall–Kier alpha value is -8.15. The molecule has 11 rings (SSSR count). The van der Waals surface area contributed by atoms with Crippen molar-refractivity contribution in [1.29, 1.82) is 0 Å². The van der Waals surface area contributed by atoms with Gasteiger partial charge in [-0.05, 0) is 75.5 Å². The topological polar surface area (TPSA) is 55.1 Å². The Labute approximate surface area is 347 Å². The van der Waals surface area contributed by atoms with Gasteiger partial charge in [-0.25, -0.2) is 15.0 Å². The second-order valence-corrected chi connectivity index (χ2v) is 14.8. The fraction of sp³-hybridized carbons (Fsp3) is 0. The van der Waals surface area contributed by atoms with E-state index in [0.29, 0.717) is 23.1 Å². The van der Waals surface area contributed by atoms with E-state index in [9.17, 15) is 0 Å². The van der Waals surface area contributed by atoms with Gasteiger partial charge in [-0.1, -0.05) is 176 Å². The Morgan fingerprint density at radius 1 is 0.333 bits per heavy atom.